The van der Waals surface area contributed by atoms with Crippen molar-refractivity contribution >= 4 is 17.7 Å². The molecule has 0 fully saturated rings. The van der Waals surface area contributed by atoms with Gasteiger partial charge < -0.3 is 20.5 Å². The Morgan fingerprint density at radius 1 is 1.32 bits per heavy atom. The monoisotopic (exact) mass is 422 g/mol. The van der Waals surface area contributed by atoms with Gasteiger partial charge in [-0.2, -0.15) is 5.10 Å². The number of carbonyl (C=O) groups is 1. The van der Waals surface area contributed by atoms with Crippen molar-refractivity contribution in [2.75, 3.05) is 5.32 Å². The number of aromatic nitrogens is 4. The highest BCUT2D eigenvalue weighted by molar-refractivity contribution is 5.67. The van der Waals surface area contributed by atoms with Crippen molar-refractivity contribution in [2.45, 2.75) is 39.4 Å². The highest BCUT2D eigenvalue weighted by Gasteiger charge is 2.37. The van der Waals surface area contributed by atoms with Crippen molar-refractivity contribution in [3.8, 4) is 17.0 Å². The summed E-state index contributed by atoms with van der Waals surface area (Å²) in [5.74, 6) is 1.13. The fourth-order valence-corrected chi connectivity index (χ4v) is 3.56. The highest BCUT2D eigenvalue weighted by Crippen LogP contribution is 2.43. The predicted molar refractivity (Wildman–Crippen MR) is 116 cm³/mol. The van der Waals surface area contributed by atoms with Crippen LogP contribution in [0.15, 0.2) is 42.9 Å². The zero-order chi connectivity index (χ0) is 22.2. The van der Waals surface area contributed by atoms with Crippen molar-refractivity contribution in [1.29, 1.82) is 0 Å². The number of nitrogens with one attached hydrogen (secondary N) is 1. The molecule has 1 amide bonds. The summed E-state index contributed by atoms with van der Waals surface area (Å²) in [6.45, 7) is 6.28. The molecular formula is C22H26N6O3. The van der Waals surface area contributed by atoms with Gasteiger partial charge >= 0.3 is 6.09 Å². The van der Waals surface area contributed by atoms with Crippen molar-refractivity contribution in [1.82, 2.24) is 19.7 Å². The van der Waals surface area contributed by atoms with Gasteiger partial charge in [-0.1, -0.05) is 32.9 Å². The third-order valence-corrected chi connectivity index (χ3v) is 5.19. The summed E-state index contributed by atoms with van der Waals surface area (Å²) in [5, 5.41) is 7.28. The lowest BCUT2D eigenvalue weighted by atomic mass is 9.82. The smallest absolute Gasteiger partial charge is 0.405 e. The first-order valence-electron chi connectivity index (χ1n) is 10.0. The topological polar surface area (TPSA) is 117 Å². The number of rotatable bonds is 4. The van der Waals surface area contributed by atoms with Crippen LogP contribution in [0.4, 0.5) is 16.4 Å². The van der Waals surface area contributed by atoms with E-state index in [1.807, 2.05) is 37.5 Å². The molecule has 162 valence electrons. The number of benzene rings is 1. The van der Waals surface area contributed by atoms with E-state index in [1.54, 1.807) is 17.1 Å². The Morgan fingerprint density at radius 2 is 2.13 bits per heavy atom. The quantitative estimate of drug-likeness (QED) is 0.653. The van der Waals surface area contributed by atoms with Gasteiger partial charge in [-0.05, 0) is 17.5 Å². The molecule has 9 heteroatoms. The summed E-state index contributed by atoms with van der Waals surface area (Å²) in [6.07, 6.45) is 4.41. The molecule has 3 heterocycles. The van der Waals surface area contributed by atoms with Crippen LogP contribution in [-0.2, 0) is 11.8 Å². The number of anilines is 2. The van der Waals surface area contributed by atoms with Gasteiger partial charge in [0.1, 0.15) is 18.0 Å². The van der Waals surface area contributed by atoms with Crippen LogP contribution >= 0.6 is 0 Å². The molecule has 2 aromatic heterocycles. The third-order valence-electron chi connectivity index (χ3n) is 5.19. The molecule has 1 aliphatic heterocycles. The number of nitrogens with zero attached hydrogens (tertiary/aromatic N) is 4. The number of hydrogen-bond acceptors (Lipinski definition) is 7. The molecule has 1 aromatic carbocycles. The first-order chi connectivity index (χ1) is 14.7. The van der Waals surface area contributed by atoms with Gasteiger partial charge in [-0.15, -0.1) is 0 Å². The molecule has 4 rings (SSSR count). The van der Waals surface area contributed by atoms with Crippen LogP contribution in [0.5, 0.6) is 5.75 Å². The molecule has 0 bridgehead atoms. The van der Waals surface area contributed by atoms with Gasteiger partial charge in [-0.25, -0.2) is 14.8 Å². The summed E-state index contributed by atoms with van der Waals surface area (Å²) in [4.78, 5) is 20.3. The van der Waals surface area contributed by atoms with Gasteiger partial charge in [0.2, 0.25) is 5.95 Å². The van der Waals surface area contributed by atoms with Crippen LogP contribution in [0.1, 0.15) is 38.9 Å². The van der Waals surface area contributed by atoms with Crippen molar-refractivity contribution in [3.05, 3.63) is 48.4 Å². The lowest BCUT2D eigenvalue weighted by Crippen LogP contribution is -2.38. The normalized spacial score (nSPS) is 18.1. The zero-order valence-corrected chi connectivity index (χ0v) is 18.0. The summed E-state index contributed by atoms with van der Waals surface area (Å²) >= 11 is 0. The van der Waals surface area contributed by atoms with Gasteiger partial charge in [-0.3, -0.25) is 4.68 Å². The second-order valence-electron chi connectivity index (χ2n) is 8.68. The Morgan fingerprint density at radius 3 is 2.81 bits per heavy atom. The minimum absolute atomic E-state index is 0.132. The number of hydrogen-bond donors (Lipinski definition) is 2. The van der Waals surface area contributed by atoms with E-state index in [0.29, 0.717) is 18.1 Å². The van der Waals surface area contributed by atoms with Crippen LogP contribution in [0, 0.1) is 5.41 Å². The fourth-order valence-electron chi connectivity index (χ4n) is 3.56. The molecule has 2 unspecified atom stereocenters. The minimum atomic E-state index is -0.795. The summed E-state index contributed by atoms with van der Waals surface area (Å²) in [6, 6.07) is 7.57. The zero-order valence-electron chi connectivity index (χ0n) is 18.0. The number of carbonyl (C=O) groups excluding carboxylic acids is 1. The summed E-state index contributed by atoms with van der Waals surface area (Å²) in [5.41, 5.74) is 8.36. The lowest BCUT2D eigenvalue weighted by molar-refractivity contribution is 0.000728. The molecule has 0 saturated carbocycles. The second-order valence-corrected chi connectivity index (χ2v) is 8.68. The van der Waals surface area contributed by atoms with E-state index in [-0.39, 0.29) is 11.5 Å². The molecule has 0 saturated heterocycles. The van der Waals surface area contributed by atoms with Crippen LogP contribution in [0.2, 0.25) is 0 Å². The van der Waals surface area contributed by atoms with Crippen molar-refractivity contribution in [3.63, 3.8) is 0 Å². The average molecular weight is 422 g/mol. The number of nitrogens with two attached hydrogens (primary N) is 1. The molecule has 3 N–H and O–H groups in total. The van der Waals surface area contributed by atoms with E-state index < -0.39 is 12.2 Å². The number of amides is 1. The van der Waals surface area contributed by atoms with Crippen LogP contribution in [0.25, 0.3) is 11.3 Å². The van der Waals surface area contributed by atoms with E-state index in [0.717, 1.165) is 22.5 Å². The number of fused-ring (bicyclic) bond motifs is 1. The Balaban J connectivity index is 1.65. The maximum absolute atomic E-state index is 11.4. The molecule has 0 radical (unpaired) electrons. The Kier molecular flexibility index (Phi) is 5.26. The predicted octanol–water partition coefficient (Wildman–Crippen LogP) is 3.95. The number of ether oxygens (including phenoxy) is 2. The first kappa shape index (κ1) is 20.6. The maximum atomic E-state index is 11.4. The largest absolute Gasteiger partial charge is 0.489 e. The molecule has 31 heavy (non-hydrogen) atoms. The molecule has 2 atom stereocenters. The maximum Gasteiger partial charge on any atom is 0.405 e. The van der Waals surface area contributed by atoms with Crippen molar-refractivity contribution in [2.24, 2.45) is 18.2 Å². The van der Waals surface area contributed by atoms with Crippen LogP contribution < -0.4 is 15.8 Å². The van der Waals surface area contributed by atoms with Gasteiger partial charge in [0.25, 0.3) is 0 Å². The van der Waals surface area contributed by atoms with E-state index in [2.05, 4.69) is 41.2 Å². The van der Waals surface area contributed by atoms with Crippen molar-refractivity contribution < 1.29 is 14.3 Å². The standard InChI is InChI=1S/C22H26N6O3/c1-22(2,3)19-10-18(31-20(23)29)15-6-5-13(9-17(15)30-19)16-7-8-24-21(27-16)26-14-11-25-28(4)12-14/h5-9,11-12,18-19H,10H2,1-4H3,(H2,23,29)(H,24,26,27). The third kappa shape index (κ3) is 4.60. The molecule has 3 aromatic rings. The van der Waals surface area contributed by atoms with E-state index >= 15 is 0 Å². The Labute approximate surface area is 180 Å². The Bertz CT molecular complexity index is 1100. The van der Waals surface area contributed by atoms with Gasteiger partial charge in [0, 0.05) is 37.0 Å². The molecule has 0 spiro atoms. The van der Waals surface area contributed by atoms with Gasteiger partial charge in [0.15, 0.2) is 0 Å². The second kappa shape index (κ2) is 7.90. The molecular weight excluding hydrogens is 396 g/mol. The lowest BCUT2D eigenvalue weighted by Gasteiger charge is -2.38. The SMILES string of the molecule is Cn1cc(Nc2nccc(-c3ccc4c(c3)OC(C(C)(C)C)CC4OC(N)=O)n2)cn1. The van der Waals surface area contributed by atoms with Crippen LogP contribution in [0.3, 0.4) is 0 Å². The van der Waals surface area contributed by atoms with Gasteiger partial charge in [0.05, 0.1) is 17.6 Å². The number of aryl methyl sites for hydroxylation is 1. The molecule has 1 aliphatic rings. The first-order valence-corrected chi connectivity index (χ1v) is 10.0. The summed E-state index contributed by atoms with van der Waals surface area (Å²) in [7, 11) is 1.84. The summed E-state index contributed by atoms with van der Waals surface area (Å²) < 4.78 is 13.4. The number of primary amides is 1. The molecule has 9 nitrogen and oxygen atoms in total. The van der Waals surface area contributed by atoms with E-state index in [4.69, 9.17) is 15.2 Å². The average Bonchev–Trinajstić information content (AvgIpc) is 3.11. The van der Waals surface area contributed by atoms with E-state index in [1.165, 1.54) is 0 Å². The minimum Gasteiger partial charge on any atom is -0.489 e. The fraction of sp³-hybridized carbons (Fsp3) is 0.364. The molecule has 0 aliphatic carbocycles. The Hall–Kier alpha value is -3.62. The van der Waals surface area contributed by atoms with Crippen LogP contribution in [-0.4, -0.2) is 31.9 Å². The van der Waals surface area contributed by atoms with E-state index in [9.17, 15) is 4.79 Å². The highest BCUT2D eigenvalue weighted by atomic mass is 16.6.